The van der Waals surface area contributed by atoms with Gasteiger partial charge in [0.15, 0.2) is 5.78 Å². The number of aliphatic imine (C=N–C) groups is 2. The van der Waals surface area contributed by atoms with Crippen LogP contribution in [0.1, 0.15) is 241 Å². The van der Waals surface area contributed by atoms with Crippen molar-refractivity contribution in [3.05, 3.63) is 167 Å². The molecule has 0 fully saturated rings. The van der Waals surface area contributed by atoms with Crippen LogP contribution in [-0.2, 0) is 0 Å². The lowest BCUT2D eigenvalue weighted by Gasteiger charge is -2.09. The van der Waals surface area contributed by atoms with E-state index in [1.54, 1.807) is 121 Å². The first-order valence-corrected chi connectivity index (χ1v) is 31.6. The molecule has 84 heavy (non-hydrogen) atoms. The summed E-state index contributed by atoms with van der Waals surface area (Å²) in [6, 6.07) is 36.4. The molecular weight excluding hydrogens is 1050 g/mol. The zero-order valence-electron chi connectivity index (χ0n) is 50.2. The van der Waals surface area contributed by atoms with E-state index < -0.39 is 11.9 Å². The number of hydrogen-bond acceptors (Lipinski definition) is 11. The van der Waals surface area contributed by atoms with Crippen molar-refractivity contribution in [2.24, 2.45) is 9.98 Å². The molecule has 11 nitrogen and oxygen atoms in total. The largest absolute Gasteiger partial charge is 0.507 e. The van der Waals surface area contributed by atoms with Gasteiger partial charge in [-0.25, -0.2) is 9.59 Å². The van der Waals surface area contributed by atoms with Gasteiger partial charge in [-0.15, -0.1) is 0 Å². The number of rotatable bonds is 42. The van der Waals surface area contributed by atoms with Crippen LogP contribution in [0, 0.1) is 0 Å². The molecular formula is C73H92N2O9. The Balaban J connectivity index is 0.872. The van der Waals surface area contributed by atoms with Gasteiger partial charge in [-0.1, -0.05) is 205 Å². The highest BCUT2D eigenvalue weighted by Gasteiger charge is 2.15. The standard InChI is InChI=1S/C73H92N2O9/c1-3-5-7-9-11-13-15-17-19-21-23-25-27-29-49-81-65-43-37-57(38-44-65)72(79)83-67-47-41-61(69(76)53-67)55-74-63-35-31-33-59(51-63)71(78)60-34-32-36-64(52-60)75-56-62-42-48-68(54-70(62)77)84-73(80)58-39-45-66(46-40-58)82-50-30-28-26-24-22-20-18-16-14-12-10-8-6-4-2/h31-48,51-56,76-77H,3-30,49-50H2,1-2H3. The van der Waals surface area contributed by atoms with Crippen LogP contribution in [0.2, 0.25) is 0 Å². The molecule has 0 radical (unpaired) electrons. The Hall–Kier alpha value is -7.53. The van der Waals surface area contributed by atoms with Crippen LogP contribution in [0.15, 0.2) is 143 Å². The molecule has 0 saturated heterocycles. The van der Waals surface area contributed by atoms with Crippen LogP contribution in [0.5, 0.6) is 34.5 Å². The van der Waals surface area contributed by atoms with E-state index in [0.29, 0.717) is 69.5 Å². The quantitative estimate of drug-likeness (QED) is 0.0125. The number of unbranched alkanes of at least 4 members (excludes halogenated alkanes) is 26. The summed E-state index contributed by atoms with van der Waals surface area (Å²) in [6.45, 7) is 5.80. The predicted octanol–water partition coefficient (Wildman–Crippen LogP) is 20.0. The monoisotopic (exact) mass is 1140 g/mol. The van der Waals surface area contributed by atoms with E-state index in [9.17, 15) is 24.6 Å². The minimum absolute atomic E-state index is 0.138. The number of phenolic OH excluding ortho intramolecular Hbond substituents is 2. The van der Waals surface area contributed by atoms with Crippen molar-refractivity contribution in [1.29, 1.82) is 0 Å². The molecule has 11 heteroatoms. The number of nitrogens with zero attached hydrogens (tertiary/aromatic N) is 2. The van der Waals surface area contributed by atoms with Crippen molar-refractivity contribution in [2.75, 3.05) is 13.2 Å². The number of hydrogen-bond donors (Lipinski definition) is 2. The van der Waals surface area contributed by atoms with Crippen molar-refractivity contribution in [2.45, 2.75) is 194 Å². The van der Waals surface area contributed by atoms with Gasteiger partial charge >= 0.3 is 11.9 Å². The van der Waals surface area contributed by atoms with E-state index in [1.807, 2.05) is 0 Å². The first-order valence-electron chi connectivity index (χ1n) is 31.6. The smallest absolute Gasteiger partial charge is 0.343 e. The van der Waals surface area contributed by atoms with Gasteiger partial charge in [0.05, 0.1) is 35.7 Å². The van der Waals surface area contributed by atoms with Crippen molar-refractivity contribution in [3.63, 3.8) is 0 Å². The molecule has 0 bridgehead atoms. The second-order valence-corrected chi connectivity index (χ2v) is 22.1. The summed E-state index contributed by atoms with van der Waals surface area (Å²) in [5, 5.41) is 21.7. The maximum Gasteiger partial charge on any atom is 0.343 e. The molecule has 0 aliphatic carbocycles. The second kappa shape index (κ2) is 39.1. The second-order valence-electron chi connectivity index (χ2n) is 22.1. The summed E-state index contributed by atoms with van der Waals surface area (Å²) in [4.78, 5) is 48.6. The average molecular weight is 1140 g/mol. The van der Waals surface area contributed by atoms with Crippen molar-refractivity contribution >= 4 is 41.5 Å². The SMILES string of the molecule is CCCCCCCCCCCCCCCCOc1ccc(C(=O)Oc2ccc(C=Nc3cccc(C(=O)c4cccc(N=Cc5ccc(OC(=O)c6ccc(OCCCCCCCCCCCCCCCC)cc6)cc5O)c4)c3)c(O)c2)cc1. The lowest BCUT2D eigenvalue weighted by molar-refractivity contribution is 0.0724. The summed E-state index contributed by atoms with van der Waals surface area (Å²) in [7, 11) is 0. The Morgan fingerprint density at radius 3 is 0.988 bits per heavy atom. The molecule has 0 atom stereocenters. The fourth-order valence-corrected chi connectivity index (χ4v) is 9.98. The van der Waals surface area contributed by atoms with Gasteiger partial charge in [0.1, 0.15) is 34.5 Å². The summed E-state index contributed by atoms with van der Waals surface area (Å²) < 4.78 is 23.0. The molecule has 6 aromatic rings. The summed E-state index contributed by atoms with van der Waals surface area (Å²) in [6.07, 6.45) is 39.5. The molecule has 448 valence electrons. The van der Waals surface area contributed by atoms with Gasteiger partial charge < -0.3 is 29.2 Å². The normalized spacial score (nSPS) is 11.4. The van der Waals surface area contributed by atoms with Gasteiger partial charge in [0.2, 0.25) is 0 Å². The third kappa shape index (κ3) is 25.1. The van der Waals surface area contributed by atoms with Crippen LogP contribution >= 0.6 is 0 Å². The summed E-state index contributed by atoms with van der Waals surface area (Å²) in [5.74, 6) is 0.0975. The number of benzene rings is 6. The topological polar surface area (TPSA) is 153 Å². The summed E-state index contributed by atoms with van der Waals surface area (Å²) >= 11 is 0. The fraction of sp³-hybridized carbons (Fsp3) is 0.438. The zero-order valence-corrected chi connectivity index (χ0v) is 50.2. The third-order valence-corrected chi connectivity index (χ3v) is 15.1. The van der Waals surface area contributed by atoms with E-state index in [-0.39, 0.29) is 28.8 Å². The number of esters is 2. The Labute approximate surface area is 501 Å². The van der Waals surface area contributed by atoms with Crippen LogP contribution in [-0.4, -0.2) is 53.6 Å². The minimum atomic E-state index is -0.562. The van der Waals surface area contributed by atoms with E-state index in [2.05, 4.69) is 23.8 Å². The first-order chi connectivity index (χ1) is 41.2. The molecule has 2 N–H and O–H groups in total. The molecule has 0 aliphatic heterocycles. The van der Waals surface area contributed by atoms with Gasteiger partial charge in [-0.3, -0.25) is 14.8 Å². The number of phenols is 2. The zero-order chi connectivity index (χ0) is 59.2. The van der Waals surface area contributed by atoms with Gasteiger partial charge in [0, 0.05) is 46.8 Å². The molecule has 0 spiro atoms. The minimum Gasteiger partial charge on any atom is -0.507 e. The van der Waals surface area contributed by atoms with E-state index in [4.69, 9.17) is 18.9 Å². The number of ketones is 1. The highest BCUT2D eigenvalue weighted by atomic mass is 16.5. The molecule has 0 unspecified atom stereocenters. The molecule has 6 rings (SSSR count). The maximum atomic E-state index is 13.7. The highest BCUT2D eigenvalue weighted by molar-refractivity contribution is 6.10. The van der Waals surface area contributed by atoms with Crippen LogP contribution < -0.4 is 18.9 Å². The Kier molecular flexibility index (Phi) is 30.5. The van der Waals surface area contributed by atoms with E-state index in [0.717, 1.165) is 25.7 Å². The Morgan fingerprint density at radius 2 is 0.667 bits per heavy atom. The van der Waals surface area contributed by atoms with Gasteiger partial charge in [-0.2, -0.15) is 0 Å². The first kappa shape index (κ1) is 65.6. The van der Waals surface area contributed by atoms with Crippen molar-refractivity contribution in [1.82, 2.24) is 0 Å². The lowest BCUT2D eigenvalue weighted by atomic mass is 10.0. The predicted molar refractivity (Wildman–Crippen MR) is 341 cm³/mol. The highest BCUT2D eigenvalue weighted by Crippen LogP contribution is 2.28. The molecule has 0 saturated carbocycles. The molecule has 0 aliphatic rings. The average Bonchev–Trinajstić information content (AvgIpc) is 3.66. The van der Waals surface area contributed by atoms with Gasteiger partial charge in [-0.05, 0) is 110 Å². The molecule has 0 heterocycles. The number of aromatic hydroxyl groups is 2. The Bertz CT molecular complexity index is 2730. The molecule has 6 aromatic carbocycles. The van der Waals surface area contributed by atoms with E-state index in [1.165, 1.54) is 179 Å². The van der Waals surface area contributed by atoms with E-state index >= 15 is 0 Å². The number of carbonyl (C=O) groups excluding carboxylic acids is 3. The number of ether oxygens (including phenoxy) is 4. The van der Waals surface area contributed by atoms with Crippen LogP contribution in [0.25, 0.3) is 0 Å². The molecule has 0 aromatic heterocycles. The van der Waals surface area contributed by atoms with Crippen molar-refractivity contribution in [3.8, 4) is 34.5 Å². The lowest BCUT2D eigenvalue weighted by Crippen LogP contribution is -2.08. The van der Waals surface area contributed by atoms with Crippen LogP contribution in [0.3, 0.4) is 0 Å². The summed E-state index contributed by atoms with van der Waals surface area (Å²) in [5.41, 5.74) is 3.23. The maximum absolute atomic E-state index is 13.7. The van der Waals surface area contributed by atoms with Crippen LogP contribution in [0.4, 0.5) is 11.4 Å². The Morgan fingerprint density at radius 1 is 0.357 bits per heavy atom. The van der Waals surface area contributed by atoms with Crippen molar-refractivity contribution < 1.29 is 43.5 Å². The molecule has 0 amide bonds. The third-order valence-electron chi connectivity index (χ3n) is 15.1. The van der Waals surface area contributed by atoms with Gasteiger partial charge in [0.25, 0.3) is 0 Å². The number of carbonyl (C=O) groups is 3. The fourth-order valence-electron chi connectivity index (χ4n) is 9.98.